The van der Waals surface area contributed by atoms with Crippen molar-refractivity contribution in [2.45, 2.75) is 131 Å². The molecular weight excluding hydrogens is 608 g/mol. The number of carbonyl (C=O) groups excluding carboxylic acids is 3. The first-order chi connectivity index (χ1) is 23.1. The van der Waals surface area contributed by atoms with Crippen LogP contribution in [0.2, 0.25) is 0 Å². The predicted molar refractivity (Wildman–Crippen MR) is 195 cm³/mol. The Morgan fingerprint density at radius 3 is 2.35 bits per heavy atom. The zero-order valence-electron chi connectivity index (χ0n) is 31.6. The Hall–Kier alpha value is -3.15. The van der Waals surface area contributed by atoms with Crippen molar-refractivity contribution in [1.82, 2.24) is 10.0 Å². The lowest BCUT2D eigenvalue weighted by Crippen LogP contribution is -2.60. The highest BCUT2D eigenvalue weighted by Gasteiger charge is 2.58. The molecule has 6 nitrogen and oxygen atoms in total. The average Bonchev–Trinajstić information content (AvgIpc) is 3.53. The van der Waals surface area contributed by atoms with Crippen LogP contribution in [0.25, 0.3) is 0 Å². The molecule has 0 radical (unpaired) electrons. The van der Waals surface area contributed by atoms with Gasteiger partial charge in [0.25, 0.3) is 11.8 Å². The summed E-state index contributed by atoms with van der Waals surface area (Å²) in [6.07, 6.45) is 14.9. The van der Waals surface area contributed by atoms with Crippen molar-refractivity contribution < 1.29 is 19.1 Å². The molecule has 3 aliphatic carbocycles. The Morgan fingerprint density at radius 2 is 1.67 bits per heavy atom. The molecule has 266 valence electrons. The van der Waals surface area contributed by atoms with Gasteiger partial charge in [-0.05, 0) is 124 Å². The van der Waals surface area contributed by atoms with Crippen molar-refractivity contribution in [3.63, 3.8) is 0 Å². The van der Waals surface area contributed by atoms with E-state index in [1.54, 1.807) is 5.01 Å². The van der Waals surface area contributed by atoms with Gasteiger partial charge in [0, 0.05) is 6.42 Å². The van der Waals surface area contributed by atoms with Gasteiger partial charge in [-0.3, -0.25) is 14.4 Å². The Bertz CT molecular complexity index is 1550. The van der Waals surface area contributed by atoms with Gasteiger partial charge in [0.1, 0.15) is 17.6 Å². The summed E-state index contributed by atoms with van der Waals surface area (Å²) in [5.41, 5.74) is 3.34. The van der Waals surface area contributed by atoms with Gasteiger partial charge in [0.05, 0.1) is 12.0 Å². The van der Waals surface area contributed by atoms with E-state index in [2.05, 4.69) is 59.8 Å². The third-order valence-electron chi connectivity index (χ3n) is 13.1. The molecule has 2 saturated carbocycles. The third-order valence-corrected chi connectivity index (χ3v) is 13.1. The van der Waals surface area contributed by atoms with Crippen LogP contribution < -0.4 is 0 Å². The average molecular weight is 669 g/mol. The van der Waals surface area contributed by atoms with Gasteiger partial charge in [0.15, 0.2) is 0 Å². The van der Waals surface area contributed by atoms with Gasteiger partial charge in [0.2, 0.25) is 0 Å². The van der Waals surface area contributed by atoms with E-state index in [4.69, 9.17) is 4.74 Å². The summed E-state index contributed by atoms with van der Waals surface area (Å²) in [4.78, 5) is 41.8. The molecule has 6 heteroatoms. The minimum atomic E-state index is -0.844. The minimum Gasteiger partial charge on any atom is -0.462 e. The van der Waals surface area contributed by atoms with Crippen molar-refractivity contribution in [1.29, 1.82) is 0 Å². The second-order valence-electron chi connectivity index (χ2n) is 17.8. The Balaban J connectivity index is 1.39. The summed E-state index contributed by atoms with van der Waals surface area (Å²) in [7, 11) is 0. The quantitative estimate of drug-likeness (QED) is 0.165. The summed E-state index contributed by atoms with van der Waals surface area (Å²) in [5, 5.41) is 3.56. The minimum absolute atomic E-state index is 0.140. The normalized spacial score (nSPS) is 34.0. The molecule has 0 unspecified atom stereocenters. The van der Waals surface area contributed by atoms with E-state index in [1.165, 1.54) is 24.0 Å². The SMILES string of the molecule is CC(C)[C@@H](C)/C=C/[C@@H](C)[C@H]1CC[C@@H]2/C(=C/[C@@]3(C)C4=C(CC[C@H](OC(=O)C(C)(C)C)C4)CN4C(=O)[C@@H](c5ccccc5)C(=O)N43)CCC[C@@]21C. The van der Waals surface area contributed by atoms with Gasteiger partial charge in [-0.1, -0.05) is 88.8 Å². The molecule has 2 amide bonds. The fraction of sp³-hybridized carbons (Fsp3) is 0.651. The first-order valence-corrected chi connectivity index (χ1v) is 19.1. The first kappa shape index (κ1) is 35.7. The van der Waals surface area contributed by atoms with Crippen LogP contribution in [0.15, 0.2) is 65.3 Å². The second kappa shape index (κ2) is 13.2. The van der Waals surface area contributed by atoms with E-state index < -0.39 is 16.9 Å². The van der Waals surface area contributed by atoms with Crippen molar-refractivity contribution in [2.24, 2.45) is 40.4 Å². The molecule has 3 fully saturated rings. The van der Waals surface area contributed by atoms with E-state index in [0.717, 1.165) is 43.2 Å². The zero-order chi connectivity index (χ0) is 35.5. The maximum atomic E-state index is 14.6. The highest BCUT2D eigenvalue weighted by Crippen LogP contribution is 2.60. The fourth-order valence-corrected chi connectivity index (χ4v) is 9.92. The lowest BCUT2D eigenvalue weighted by atomic mass is 9.60. The fourth-order valence-electron chi connectivity index (χ4n) is 9.92. The van der Waals surface area contributed by atoms with Gasteiger partial charge in [-0.2, -0.15) is 0 Å². The molecule has 6 rings (SSSR count). The number of hydrogen-bond acceptors (Lipinski definition) is 4. The van der Waals surface area contributed by atoms with Crippen LogP contribution in [0.1, 0.15) is 125 Å². The molecule has 1 saturated heterocycles. The van der Waals surface area contributed by atoms with Crippen LogP contribution in [0, 0.1) is 40.4 Å². The molecule has 2 aliphatic heterocycles. The molecule has 0 bridgehead atoms. The maximum Gasteiger partial charge on any atom is 0.311 e. The summed E-state index contributed by atoms with van der Waals surface area (Å²) in [6, 6.07) is 9.52. The largest absolute Gasteiger partial charge is 0.462 e. The molecule has 5 aliphatic rings. The van der Waals surface area contributed by atoms with E-state index in [-0.39, 0.29) is 29.3 Å². The van der Waals surface area contributed by atoms with Gasteiger partial charge < -0.3 is 4.74 Å². The van der Waals surface area contributed by atoms with E-state index in [0.29, 0.717) is 42.6 Å². The smallest absolute Gasteiger partial charge is 0.311 e. The van der Waals surface area contributed by atoms with Gasteiger partial charge in [-0.15, -0.1) is 0 Å². The molecule has 2 heterocycles. The number of esters is 1. The summed E-state index contributed by atoms with van der Waals surface area (Å²) >= 11 is 0. The van der Waals surface area contributed by atoms with Crippen LogP contribution in [-0.4, -0.2) is 46.0 Å². The Kier molecular flexibility index (Phi) is 9.60. The number of carbonyl (C=O) groups is 3. The van der Waals surface area contributed by atoms with E-state index in [1.807, 2.05) is 56.1 Å². The molecule has 49 heavy (non-hydrogen) atoms. The number of hydrogen-bond donors (Lipinski definition) is 0. The number of nitrogens with zero attached hydrogens (tertiary/aromatic N) is 2. The molecule has 0 spiro atoms. The molecule has 0 aromatic heterocycles. The molecule has 0 N–H and O–H groups in total. The molecule has 1 aromatic rings. The number of benzene rings is 1. The zero-order valence-corrected chi connectivity index (χ0v) is 31.6. The highest BCUT2D eigenvalue weighted by molar-refractivity contribution is 6.11. The van der Waals surface area contributed by atoms with Crippen LogP contribution in [-0.2, 0) is 19.1 Å². The Morgan fingerprint density at radius 1 is 0.959 bits per heavy atom. The van der Waals surface area contributed by atoms with Crippen molar-refractivity contribution in [3.8, 4) is 0 Å². The Labute approximate surface area is 295 Å². The highest BCUT2D eigenvalue weighted by atomic mass is 16.5. The number of fused-ring (bicyclic) bond motifs is 2. The maximum absolute atomic E-state index is 14.6. The lowest BCUT2D eigenvalue weighted by molar-refractivity contribution is -0.161. The monoisotopic (exact) mass is 668 g/mol. The number of allylic oxidation sites excluding steroid dienone is 3. The van der Waals surface area contributed by atoms with Crippen LogP contribution >= 0.6 is 0 Å². The predicted octanol–water partition coefficient (Wildman–Crippen LogP) is 9.19. The van der Waals surface area contributed by atoms with Crippen molar-refractivity contribution in [3.05, 3.63) is 70.8 Å². The standard InChI is InChI=1S/C43H60N2O4/c1-27(2)28(3)17-18-29(4)34-21-22-35-31(16-13-23-42(34,35)8)25-43(9)36-24-33(49-40(48)41(5,6)7)20-19-32(36)26-44-38(46)37(39(47)45(43)44)30-14-11-10-12-15-30/h10-12,14-15,17-18,25,27-29,33-35,37H,13,16,19-24,26H2,1-9H3/b18-17+,31-25+/t28-,29+,33-,34+,35+,37+,42+,43-/m0/s1. The van der Waals surface area contributed by atoms with Crippen LogP contribution in [0.4, 0.5) is 0 Å². The lowest BCUT2D eigenvalue weighted by Gasteiger charge is -2.51. The first-order valence-electron chi connectivity index (χ1n) is 19.1. The molecular formula is C43H60N2O4. The van der Waals surface area contributed by atoms with Crippen LogP contribution in [0.5, 0.6) is 0 Å². The van der Waals surface area contributed by atoms with Crippen molar-refractivity contribution in [2.75, 3.05) is 6.54 Å². The van der Waals surface area contributed by atoms with Gasteiger partial charge >= 0.3 is 5.97 Å². The molecule has 8 atom stereocenters. The third kappa shape index (κ3) is 6.35. The number of ether oxygens (including phenoxy) is 1. The summed E-state index contributed by atoms with van der Waals surface area (Å²) in [6.45, 7) is 20.1. The number of hydrazine groups is 1. The van der Waals surface area contributed by atoms with E-state index in [9.17, 15) is 14.4 Å². The molecule has 1 aromatic carbocycles. The number of rotatable bonds is 7. The topological polar surface area (TPSA) is 66.9 Å². The second-order valence-corrected chi connectivity index (χ2v) is 17.8. The van der Waals surface area contributed by atoms with Crippen LogP contribution in [0.3, 0.4) is 0 Å². The number of amides is 2. The van der Waals surface area contributed by atoms with E-state index >= 15 is 0 Å². The van der Waals surface area contributed by atoms with Crippen molar-refractivity contribution >= 4 is 17.8 Å². The summed E-state index contributed by atoms with van der Waals surface area (Å²) in [5.74, 6) is 1.42. The summed E-state index contributed by atoms with van der Waals surface area (Å²) < 4.78 is 6.13. The van der Waals surface area contributed by atoms with Gasteiger partial charge in [-0.25, -0.2) is 10.0 Å².